The second kappa shape index (κ2) is 11.5. The van der Waals surface area contributed by atoms with E-state index in [2.05, 4.69) is 0 Å². The number of likely N-dealkylation sites (N-methyl/N-ethyl adjacent to an activating group) is 1. The van der Waals surface area contributed by atoms with Crippen LogP contribution in [-0.4, -0.2) is 71.7 Å². The van der Waals surface area contributed by atoms with E-state index in [9.17, 15) is 14.4 Å². The lowest BCUT2D eigenvalue weighted by Crippen LogP contribution is -2.46. The number of nitrogens with zero attached hydrogens (tertiary/aromatic N) is 3. The number of likely N-dealkylation sites (tertiary alicyclic amines) is 2. The summed E-state index contributed by atoms with van der Waals surface area (Å²) in [5.74, 6) is -0.0438. The first kappa shape index (κ1) is 29.2. The average molecular weight is 605 g/mol. The molecule has 0 bridgehead atoms. The minimum atomic E-state index is -0.245. The van der Waals surface area contributed by atoms with Crippen LogP contribution in [0.25, 0.3) is 0 Å². The summed E-state index contributed by atoms with van der Waals surface area (Å²) in [7, 11) is 1.80. The molecular weight excluding hydrogens is 569 g/mol. The van der Waals surface area contributed by atoms with Crippen molar-refractivity contribution in [3.63, 3.8) is 0 Å². The van der Waals surface area contributed by atoms with Gasteiger partial charge in [-0.1, -0.05) is 54.7 Å². The van der Waals surface area contributed by atoms with Gasteiger partial charge in [0.1, 0.15) is 0 Å². The maximum Gasteiger partial charge on any atom is 0.253 e. The zero-order valence-corrected chi connectivity index (χ0v) is 25.5. The standard InChI is InChI=1S/C31H36Cl3N3O3/c1-4-19-15-22(6-7-24(19)32)28(38)35(3)27-18-37(17-23(27)21-5-8-25(33)26(34)16-21)29(39)20-9-13-36(14-10-20)30(40)31(2)11-12-31/h5-8,15-16,20,23,27H,4,9-14,17-18H2,1-3H3/t23-,27?/m1/s1. The van der Waals surface area contributed by atoms with Crippen LogP contribution in [0.1, 0.15) is 66.9 Å². The number of carbonyl (C=O) groups is 3. The monoisotopic (exact) mass is 603 g/mol. The van der Waals surface area contributed by atoms with Gasteiger partial charge in [-0.25, -0.2) is 0 Å². The molecule has 1 unspecified atom stereocenters. The molecule has 0 N–H and O–H groups in total. The number of benzene rings is 2. The average Bonchev–Trinajstić information content (AvgIpc) is 3.56. The molecule has 2 atom stereocenters. The second-order valence-electron chi connectivity index (χ2n) is 11.8. The van der Waals surface area contributed by atoms with E-state index in [1.807, 2.05) is 41.8 Å². The zero-order valence-electron chi connectivity index (χ0n) is 23.3. The van der Waals surface area contributed by atoms with Crippen LogP contribution in [0.4, 0.5) is 0 Å². The van der Waals surface area contributed by atoms with Crippen molar-refractivity contribution in [3.05, 3.63) is 68.2 Å². The first-order chi connectivity index (χ1) is 19.0. The number of halogens is 3. The highest BCUT2D eigenvalue weighted by molar-refractivity contribution is 6.42. The molecule has 2 aliphatic heterocycles. The Hall–Kier alpha value is -2.28. The quantitative estimate of drug-likeness (QED) is 0.388. The minimum absolute atomic E-state index is 0.0953. The minimum Gasteiger partial charge on any atom is -0.342 e. The number of carbonyl (C=O) groups excluding carboxylic acids is 3. The molecule has 214 valence electrons. The summed E-state index contributed by atoms with van der Waals surface area (Å²) < 4.78 is 0. The van der Waals surface area contributed by atoms with E-state index in [-0.39, 0.29) is 41.0 Å². The molecule has 3 amide bonds. The van der Waals surface area contributed by atoms with Gasteiger partial charge >= 0.3 is 0 Å². The van der Waals surface area contributed by atoms with E-state index in [0.29, 0.717) is 59.7 Å². The number of piperidine rings is 1. The summed E-state index contributed by atoms with van der Waals surface area (Å²) in [6.07, 6.45) is 3.97. The SMILES string of the molecule is CCc1cc(C(=O)N(C)C2CN(C(=O)C3CCN(C(=O)C4(C)CC4)CC3)C[C@@H]2c2ccc(Cl)c(Cl)c2)ccc1Cl. The van der Waals surface area contributed by atoms with Crippen LogP contribution in [0.2, 0.25) is 15.1 Å². The summed E-state index contributed by atoms with van der Waals surface area (Å²) in [5.41, 5.74) is 2.25. The topological polar surface area (TPSA) is 60.9 Å². The molecule has 2 aromatic carbocycles. The molecule has 2 heterocycles. The number of amides is 3. The van der Waals surface area contributed by atoms with Crippen LogP contribution < -0.4 is 0 Å². The Morgan fingerprint density at radius 2 is 1.60 bits per heavy atom. The van der Waals surface area contributed by atoms with Gasteiger partial charge in [0.2, 0.25) is 11.8 Å². The lowest BCUT2D eigenvalue weighted by molar-refractivity contribution is -0.142. The van der Waals surface area contributed by atoms with Crippen LogP contribution in [0.5, 0.6) is 0 Å². The van der Waals surface area contributed by atoms with Gasteiger partial charge in [0.05, 0.1) is 16.1 Å². The van der Waals surface area contributed by atoms with E-state index in [1.165, 1.54) is 0 Å². The summed E-state index contributed by atoms with van der Waals surface area (Å²) >= 11 is 18.9. The van der Waals surface area contributed by atoms with Gasteiger partial charge in [-0.05, 0) is 73.6 Å². The highest BCUT2D eigenvalue weighted by atomic mass is 35.5. The lowest BCUT2D eigenvalue weighted by Gasteiger charge is -2.34. The van der Waals surface area contributed by atoms with Gasteiger partial charge < -0.3 is 14.7 Å². The third kappa shape index (κ3) is 5.73. The Bertz CT molecular complexity index is 1320. The van der Waals surface area contributed by atoms with Crippen LogP contribution in [0.3, 0.4) is 0 Å². The highest BCUT2D eigenvalue weighted by Gasteiger charge is 2.48. The summed E-state index contributed by atoms with van der Waals surface area (Å²) in [5, 5.41) is 1.56. The molecule has 3 aliphatic rings. The van der Waals surface area contributed by atoms with Gasteiger partial charge in [0.25, 0.3) is 5.91 Å². The molecule has 0 radical (unpaired) electrons. The Morgan fingerprint density at radius 1 is 0.925 bits per heavy atom. The van der Waals surface area contributed by atoms with Gasteiger partial charge in [0.15, 0.2) is 0 Å². The molecular formula is C31H36Cl3N3O3. The third-order valence-electron chi connectivity index (χ3n) is 9.11. The normalized spacial score (nSPS) is 22.4. The van der Waals surface area contributed by atoms with Crippen molar-refractivity contribution >= 4 is 52.5 Å². The largest absolute Gasteiger partial charge is 0.342 e. The van der Waals surface area contributed by atoms with E-state index >= 15 is 0 Å². The molecule has 2 saturated heterocycles. The number of hydrogen-bond donors (Lipinski definition) is 0. The Labute approximate surface area is 251 Å². The molecule has 0 aromatic heterocycles. The fourth-order valence-electron chi connectivity index (χ4n) is 6.13. The van der Waals surface area contributed by atoms with Gasteiger partial charge in [-0.2, -0.15) is 0 Å². The molecule has 1 aliphatic carbocycles. The Balaban J connectivity index is 1.34. The van der Waals surface area contributed by atoms with Crippen molar-refractivity contribution in [2.45, 2.75) is 57.9 Å². The second-order valence-corrected chi connectivity index (χ2v) is 13.0. The summed E-state index contributed by atoms with van der Waals surface area (Å²) in [6.45, 7) is 6.19. The first-order valence-corrected chi connectivity index (χ1v) is 15.2. The van der Waals surface area contributed by atoms with Crippen LogP contribution in [0, 0.1) is 11.3 Å². The molecule has 5 rings (SSSR count). The van der Waals surface area contributed by atoms with Gasteiger partial charge in [-0.3, -0.25) is 14.4 Å². The molecule has 2 aromatic rings. The Kier molecular flexibility index (Phi) is 8.43. The van der Waals surface area contributed by atoms with Crippen LogP contribution >= 0.6 is 34.8 Å². The number of hydrogen-bond acceptors (Lipinski definition) is 3. The molecule has 3 fully saturated rings. The van der Waals surface area contributed by atoms with Crippen LogP contribution in [0.15, 0.2) is 36.4 Å². The summed E-state index contributed by atoms with van der Waals surface area (Å²) in [4.78, 5) is 45.8. The van der Waals surface area contributed by atoms with Crippen molar-refractivity contribution in [2.75, 3.05) is 33.2 Å². The number of rotatable bonds is 6. The maximum atomic E-state index is 13.8. The number of aryl methyl sites for hydroxylation is 1. The highest BCUT2D eigenvalue weighted by Crippen LogP contribution is 2.47. The zero-order chi connectivity index (χ0) is 28.8. The predicted octanol–water partition coefficient (Wildman–Crippen LogP) is 6.31. The van der Waals surface area contributed by atoms with E-state index in [4.69, 9.17) is 34.8 Å². The lowest BCUT2D eigenvalue weighted by atomic mass is 9.92. The predicted molar refractivity (Wildman–Crippen MR) is 159 cm³/mol. The van der Waals surface area contributed by atoms with Crippen LogP contribution in [-0.2, 0) is 16.0 Å². The van der Waals surface area contributed by atoms with Gasteiger partial charge in [-0.15, -0.1) is 0 Å². The first-order valence-electron chi connectivity index (χ1n) is 14.1. The Morgan fingerprint density at radius 3 is 2.23 bits per heavy atom. The molecule has 6 nitrogen and oxygen atoms in total. The third-order valence-corrected chi connectivity index (χ3v) is 10.2. The van der Waals surface area contributed by atoms with Crippen molar-refractivity contribution in [3.8, 4) is 0 Å². The molecule has 0 spiro atoms. The van der Waals surface area contributed by atoms with Gasteiger partial charge in [0, 0.05) is 61.1 Å². The fraction of sp³-hybridized carbons (Fsp3) is 0.516. The van der Waals surface area contributed by atoms with Crippen molar-refractivity contribution in [1.82, 2.24) is 14.7 Å². The summed E-state index contributed by atoms with van der Waals surface area (Å²) in [6, 6.07) is 10.7. The van der Waals surface area contributed by atoms with Crippen molar-refractivity contribution in [2.24, 2.45) is 11.3 Å². The van der Waals surface area contributed by atoms with E-state index < -0.39 is 0 Å². The van der Waals surface area contributed by atoms with Crippen molar-refractivity contribution < 1.29 is 14.4 Å². The molecule has 40 heavy (non-hydrogen) atoms. The maximum absolute atomic E-state index is 13.8. The fourth-order valence-corrected chi connectivity index (χ4v) is 6.69. The van der Waals surface area contributed by atoms with Crippen molar-refractivity contribution in [1.29, 1.82) is 0 Å². The van der Waals surface area contributed by atoms with E-state index in [1.54, 1.807) is 30.1 Å². The molecule has 9 heteroatoms. The van der Waals surface area contributed by atoms with E-state index in [0.717, 1.165) is 30.4 Å². The smallest absolute Gasteiger partial charge is 0.253 e. The molecule has 1 saturated carbocycles.